The fraction of sp³-hybridized carbons (Fsp3) is 0.167. The maximum Gasteiger partial charge on any atom is 0.425 e. The number of rotatable bonds is 6. The summed E-state index contributed by atoms with van der Waals surface area (Å²) >= 11 is 0. The molecule has 0 radical (unpaired) electrons. The molecule has 0 aromatic heterocycles. The van der Waals surface area contributed by atoms with E-state index in [1.54, 1.807) is 60.7 Å². The molecule has 0 saturated carbocycles. The normalized spacial score (nSPS) is 12.1. The summed E-state index contributed by atoms with van der Waals surface area (Å²) in [5.41, 5.74) is 0.860. The predicted molar refractivity (Wildman–Crippen MR) is 112 cm³/mol. The molecule has 0 N–H and O–H groups in total. The van der Waals surface area contributed by atoms with E-state index in [1.165, 1.54) is 0 Å². The fourth-order valence-corrected chi connectivity index (χ4v) is 2.90. The molecule has 0 bridgehead atoms. The first-order valence-corrected chi connectivity index (χ1v) is 9.55. The number of nitrogens with zero attached hydrogens (tertiary/aromatic N) is 1. The van der Waals surface area contributed by atoms with Crippen molar-refractivity contribution in [3.8, 4) is 5.75 Å². The molecule has 0 fully saturated rings. The number of carbonyl (C=O) groups is 1. The molecule has 0 amide bonds. The highest BCUT2D eigenvalue weighted by molar-refractivity contribution is 6.14. The van der Waals surface area contributed by atoms with Gasteiger partial charge in [-0.05, 0) is 13.0 Å². The molecule has 0 aliphatic heterocycles. The van der Waals surface area contributed by atoms with Crippen molar-refractivity contribution in [2.75, 3.05) is 7.11 Å². The average Bonchev–Trinajstić information content (AvgIpc) is 2.78. The van der Waals surface area contributed by atoms with Crippen molar-refractivity contribution in [2.45, 2.75) is 19.2 Å². The number of hydrogen-bond donors (Lipinski definition) is 0. The summed E-state index contributed by atoms with van der Waals surface area (Å²) in [6.07, 6.45) is -6.99. The highest BCUT2D eigenvalue weighted by atomic mass is 19.4. The summed E-state index contributed by atoms with van der Waals surface area (Å²) in [6.45, 7) is 0.785. The molecule has 8 heteroatoms. The fourth-order valence-electron chi connectivity index (χ4n) is 2.90. The predicted octanol–water partition coefficient (Wildman–Crippen LogP) is 6.11. The number of benzene rings is 3. The van der Waals surface area contributed by atoms with Gasteiger partial charge in [0.25, 0.3) is 0 Å². The number of alkyl halides is 3. The van der Waals surface area contributed by atoms with Gasteiger partial charge in [0.1, 0.15) is 17.1 Å². The van der Waals surface area contributed by atoms with Gasteiger partial charge in [0, 0.05) is 17.2 Å². The van der Waals surface area contributed by atoms with Crippen LogP contribution in [0.2, 0.25) is 0 Å². The second kappa shape index (κ2) is 9.64. The lowest BCUT2D eigenvalue weighted by Gasteiger charge is -2.21. The van der Waals surface area contributed by atoms with Gasteiger partial charge >= 0.3 is 12.1 Å². The maximum absolute atomic E-state index is 14.4. The summed E-state index contributed by atoms with van der Waals surface area (Å²) in [5, 5.41) is 0. The molecule has 1 unspecified atom stereocenters. The number of ether oxygens (including phenoxy) is 2. The lowest BCUT2D eigenvalue weighted by Crippen LogP contribution is -2.31. The highest BCUT2D eigenvalue weighted by Gasteiger charge is 2.39. The van der Waals surface area contributed by atoms with Crippen LogP contribution in [0.25, 0.3) is 0 Å². The van der Waals surface area contributed by atoms with Crippen molar-refractivity contribution in [1.82, 2.24) is 0 Å². The van der Waals surface area contributed by atoms with Gasteiger partial charge < -0.3 is 9.47 Å². The third-order valence-electron chi connectivity index (χ3n) is 4.52. The third kappa shape index (κ3) is 5.32. The van der Waals surface area contributed by atoms with Crippen molar-refractivity contribution in [3.05, 3.63) is 95.3 Å². The lowest BCUT2D eigenvalue weighted by molar-refractivity contribution is -0.189. The molecule has 0 aliphatic carbocycles. The van der Waals surface area contributed by atoms with Crippen LogP contribution in [0.5, 0.6) is 5.75 Å². The summed E-state index contributed by atoms with van der Waals surface area (Å²) in [5.74, 6) is -2.45. The van der Waals surface area contributed by atoms with Crippen molar-refractivity contribution in [2.24, 2.45) is 4.99 Å². The molecule has 4 nitrogen and oxygen atoms in total. The smallest absolute Gasteiger partial charge is 0.425 e. The van der Waals surface area contributed by atoms with Crippen LogP contribution in [0.15, 0.2) is 77.8 Å². The van der Waals surface area contributed by atoms with Crippen molar-refractivity contribution in [1.29, 1.82) is 0 Å². The van der Waals surface area contributed by atoms with E-state index in [-0.39, 0.29) is 5.69 Å². The largest absolute Gasteiger partial charge is 0.478 e. The average molecular weight is 445 g/mol. The summed E-state index contributed by atoms with van der Waals surface area (Å²) in [7, 11) is 1.03. The second-order valence-electron chi connectivity index (χ2n) is 6.79. The van der Waals surface area contributed by atoms with Gasteiger partial charge in [-0.3, -0.25) is 0 Å². The number of hydrogen-bond acceptors (Lipinski definition) is 4. The molecule has 0 aliphatic rings. The zero-order chi connectivity index (χ0) is 23.3. The van der Waals surface area contributed by atoms with Gasteiger partial charge in [0.2, 0.25) is 0 Å². The van der Waals surface area contributed by atoms with Crippen LogP contribution in [-0.2, 0) is 4.74 Å². The Hall–Kier alpha value is -3.68. The van der Waals surface area contributed by atoms with E-state index < -0.39 is 35.4 Å². The summed E-state index contributed by atoms with van der Waals surface area (Å²) in [4.78, 5) is 16.6. The molecule has 1 atom stereocenters. The van der Waals surface area contributed by atoms with Gasteiger partial charge in [-0.2, -0.15) is 13.2 Å². The van der Waals surface area contributed by atoms with Crippen LogP contribution in [0.4, 0.5) is 23.2 Å². The van der Waals surface area contributed by atoms with E-state index in [2.05, 4.69) is 9.73 Å². The summed E-state index contributed by atoms with van der Waals surface area (Å²) < 4.78 is 63.7. The molecule has 3 aromatic rings. The Morgan fingerprint density at radius 1 is 0.938 bits per heavy atom. The van der Waals surface area contributed by atoms with Crippen LogP contribution in [-0.4, -0.2) is 31.1 Å². The number of methoxy groups -OCH3 is 1. The Labute approximate surface area is 182 Å². The number of esters is 1. The van der Waals surface area contributed by atoms with Crippen LogP contribution in [0.1, 0.15) is 28.4 Å². The number of aliphatic imine (C=N–C) groups is 1. The molecule has 166 valence electrons. The topological polar surface area (TPSA) is 47.9 Å². The van der Waals surface area contributed by atoms with Gasteiger partial charge in [-0.1, -0.05) is 60.7 Å². The van der Waals surface area contributed by atoms with Crippen molar-refractivity contribution in [3.63, 3.8) is 0 Å². The van der Waals surface area contributed by atoms with E-state index in [0.29, 0.717) is 16.8 Å². The Kier molecular flexibility index (Phi) is 6.92. The third-order valence-corrected chi connectivity index (χ3v) is 4.52. The van der Waals surface area contributed by atoms with Crippen LogP contribution in [0.3, 0.4) is 0 Å². The zero-order valence-electron chi connectivity index (χ0n) is 17.2. The Morgan fingerprint density at radius 2 is 1.47 bits per heavy atom. The van der Waals surface area contributed by atoms with E-state index >= 15 is 0 Å². The molecule has 32 heavy (non-hydrogen) atoms. The van der Waals surface area contributed by atoms with E-state index in [1.807, 2.05) is 0 Å². The Morgan fingerprint density at radius 3 is 1.94 bits per heavy atom. The molecule has 0 spiro atoms. The SMILES string of the molecule is COC(=O)c1cc(F)cc(N=C(c2ccccc2)c2ccccc2)c1OC(C)C(F)(F)F. The minimum absolute atomic E-state index is 0.274. The van der Waals surface area contributed by atoms with E-state index in [0.717, 1.165) is 26.2 Å². The monoisotopic (exact) mass is 445 g/mol. The van der Waals surface area contributed by atoms with Crippen LogP contribution >= 0.6 is 0 Å². The molecule has 3 aromatic carbocycles. The van der Waals surface area contributed by atoms with Gasteiger partial charge in [-0.25, -0.2) is 14.2 Å². The quantitative estimate of drug-likeness (QED) is 0.261. The standard InChI is InChI=1S/C24H19F4NO3/c1-15(24(26,27)28)32-22-19(23(30)31-2)13-18(25)14-20(22)29-21(16-9-5-3-6-10-16)17-11-7-4-8-12-17/h3-15H,1-2H3. The molecular weight excluding hydrogens is 426 g/mol. The van der Waals surface area contributed by atoms with Crippen molar-refractivity contribution >= 4 is 17.4 Å². The Balaban J connectivity index is 2.27. The second-order valence-corrected chi connectivity index (χ2v) is 6.79. The van der Waals surface area contributed by atoms with E-state index in [9.17, 15) is 22.4 Å². The van der Waals surface area contributed by atoms with Gasteiger partial charge in [0.05, 0.1) is 12.8 Å². The van der Waals surface area contributed by atoms with E-state index in [4.69, 9.17) is 4.74 Å². The molecule has 0 heterocycles. The minimum atomic E-state index is -4.72. The molecular formula is C24H19F4NO3. The molecule has 3 rings (SSSR count). The van der Waals surface area contributed by atoms with Gasteiger partial charge in [-0.15, -0.1) is 0 Å². The first kappa shape index (κ1) is 23.0. The lowest BCUT2D eigenvalue weighted by atomic mass is 10.0. The highest BCUT2D eigenvalue weighted by Crippen LogP contribution is 2.37. The van der Waals surface area contributed by atoms with Gasteiger partial charge in [0.15, 0.2) is 11.9 Å². The Bertz CT molecular complexity index is 1070. The number of halogens is 4. The van der Waals surface area contributed by atoms with Crippen molar-refractivity contribution < 1.29 is 31.8 Å². The first-order valence-electron chi connectivity index (χ1n) is 9.55. The van der Waals surface area contributed by atoms with Crippen LogP contribution < -0.4 is 4.74 Å². The first-order chi connectivity index (χ1) is 15.2. The zero-order valence-corrected chi connectivity index (χ0v) is 17.2. The number of carbonyl (C=O) groups excluding carboxylic acids is 1. The van der Waals surface area contributed by atoms with Crippen LogP contribution in [0, 0.1) is 5.82 Å². The summed E-state index contributed by atoms with van der Waals surface area (Å²) in [6, 6.07) is 19.3. The molecule has 0 saturated heterocycles. The maximum atomic E-state index is 14.4. The minimum Gasteiger partial charge on any atom is -0.478 e.